The van der Waals surface area contributed by atoms with Crippen LogP contribution in [0.25, 0.3) is 10.9 Å². The van der Waals surface area contributed by atoms with Crippen molar-refractivity contribution in [1.29, 1.82) is 0 Å². The summed E-state index contributed by atoms with van der Waals surface area (Å²) >= 11 is 0. The Morgan fingerprint density at radius 3 is 2.54 bits per heavy atom. The maximum Gasteiger partial charge on any atom is 0.277 e. The van der Waals surface area contributed by atoms with Crippen LogP contribution in [0.4, 0.5) is 5.82 Å². The normalized spacial score (nSPS) is 10.8. The second-order valence-electron chi connectivity index (χ2n) is 6.18. The number of nitrogens with zero attached hydrogens (tertiary/aromatic N) is 3. The Morgan fingerprint density at radius 2 is 1.77 bits per heavy atom. The third-order valence-electron chi connectivity index (χ3n) is 4.23. The molecule has 4 rings (SSSR count). The van der Waals surface area contributed by atoms with Crippen LogP contribution in [0.15, 0.2) is 72.9 Å². The number of aromatic nitrogens is 3. The van der Waals surface area contributed by atoms with Gasteiger partial charge < -0.3 is 5.32 Å². The fourth-order valence-electron chi connectivity index (χ4n) is 2.89. The molecule has 0 saturated carbocycles. The molecule has 5 heteroatoms. The number of fused-ring (bicyclic) bond motifs is 1. The number of hydrogen-bond donors (Lipinski definition) is 1. The van der Waals surface area contributed by atoms with E-state index in [1.807, 2.05) is 35.0 Å². The van der Waals surface area contributed by atoms with Gasteiger partial charge in [-0.1, -0.05) is 54.1 Å². The van der Waals surface area contributed by atoms with E-state index in [9.17, 15) is 4.79 Å². The molecule has 0 spiro atoms. The number of carbonyl (C=O) groups is 1. The second kappa shape index (κ2) is 6.80. The van der Waals surface area contributed by atoms with Gasteiger partial charge in [0.15, 0.2) is 5.69 Å². The highest BCUT2D eigenvalue weighted by molar-refractivity contribution is 6.10. The predicted octanol–water partition coefficient (Wildman–Crippen LogP) is 4.04. The molecule has 0 aliphatic carbocycles. The molecule has 1 amide bonds. The molecule has 0 atom stereocenters. The lowest BCUT2D eigenvalue weighted by atomic mass is 10.1. The number of aryl methyl sites for hydroxylation is 1. The standard InChI is InChI=1S/C21H18N4O/c1-15-9-11-16(12-10-15)14-25-18-7-3-2-6-17(18)20(24-25)21(26)23-19-8-4-5-13-22-19/h2-13H,14H2,1H3,(H,22,23,26). The van der Waals surface area contributed by atoms with Crippen molar-refractivity contribution in [2.24, 2.45) is 0 Å². The molecule has 0 aliphatic heterocycles. The van der Waals surface area contributed by atoms with Gasteiger partial charge >= 0.3 is 0 Å². The maximum atomic E-state index is 12.7. The predicted molar refractivity (Wildman–Crippen MR) is 102 cm³/mol. The van der Waals surface area contributed by atoms with Crippen molar-refractivity contribution in [2.75, 3.05) is 5.32 Å². The van der Waals surface area contributed by atoms with Crippen LogP contribution in [0, 0.1) is 6.92 Å². The Balaban J connectivity index is 1.69. The number of carbonyl (C=O) groups excluding carboxylic acids is 1. The van der Waals surface area contributed by atoms with Gasteiger partial charge in [0, 0.05) is 11.6 Å². The van der Waals surface area contributed by atoms with Crippen LogP contribution in [0.3, 0.4) is 0 Å². The van der Waals surface area contributed by atoms with Crippen molar-refractivity contribution in [3.8, 4) is 0 Å². The highest BCUT2D eigenvalue weighted by Gasteiger charge is 2.17. The molecule has 1 N–H and O–H groups in total. The number of rotatable bonds is 4. The van der Waals surface area contributed by atoms with Gasteiger partial charge in [-0.25, -0.2) is 4.98 Å². The molecule has 0 aliphatic rings. The number of amides is 1. The van der Waals surface area contributed by atoms with Crippen LogP contribution >= 0.6 is 0 Å². The zero-order valence-electron chi connectivity index (χ0n) is 14.4. The second-order valence-corrected chi connectivity index (χ2v) is 6.18. The summed E-state index contributed by atoms with van der Waals surface area (Å²) in [4.78, 5) is 16.9. The van der Waals surface area contributed by atoms with E-state index in [1.165, 1.54) is 5.56 Å². The molecule has 0 bridgehead atoms. The summed E-state index contributed by atoms with van der Waals surface area (Å²) in [6.45, 7) is 2.67. The van der Waals surface area contributed by atoms with Crippen LogP contribution in [0.2, 0.25) is 0 Å². The molecule has 5 nitrogen and oxygen atoms in total. The van der Waals surface area contributed by atoms with Crippen molar-refractivity contribution >= 4 is 22.6 Å². The summed E-state index contributed by atoms with van der Waals surface area (Å²) in [7, 11) is 0. The molecule has 2 aromatic carbocycles. The van der Waals surface area contributed by atoms with E-state index >= 15 is 0 Å². The van der Waals surface area contributed by atoms with Crippen molar-refractivity contribution in [3.05, 3.63) is 89.7 Å². The number of hydrogen-bond acceptors (Lipinski definition) is 3. The van der Waals surface area contributed by atoms with Gasteiger partial charge in [0.1, 0.15) is 5.82 Å². The topological polar surface area (TPSA) is 59.8 Å². The fourth-order valence-corrected chi connectivity index (χ4v) is 2.89. The monoisotopic (exact) mass is 342 g/mol. The van der Waals surface area contributed by atoms with Gasteiger partial charge in [-0.15, -0.1) is 0 Å². The highest BCUT2D eigenvalue weighted by Crippen LogP contribution is 2.20. The smallest absolute Gasteiger partial charge is 0.277 e. The summed E-state index contributed by atoms with van der Waals surface area (Å²) in [6.07, 6.45) is 1.64. The van der Waals surface area contributed by atoms with Crippen LogP contribution in [0.1, 0.15) is 21.6 Å². The van der Waals surface area contributed by atoms with Gasteiger partial charge in [0.2, 0.25) is 0 Å². The van der Waals surface area contributed by atoms with E-state index in [4.69, 9.17) is 0 Å². The van der Waals surface area contributed by atoms with Crippen LogP contribution in [-0.4, -0.2) is 20.7 Å². The van der Waals surface area contributed by atoms with Crippen molar-refractivity contribution in [1.82, 2.24) is 14.8 Å². The number of para-hydroxylation sites is 1. The summed E-state index contributed by atoms with van der Waals surface area (Å²) in [5.41, 5.74) is 3.69. The SMILES string of the molecule is Cc1ccc(Cn2nc(C(=O)Nc3ccccn3)c3ccccc32)cc1. The van der Waals surface area contributed by atoms with E-state index in [0.717, 1.165) is 16.5 Å². The van der Waals surface area contributed by atoms with E-state index in [1.54, 1.807) is 18.3 Å². The molecule has 2 aromatic heterocycles. The quantitative estimate of drug-likeness (QED) is 0.609. The molecule has 0 unspecified atom stereocenters. The third kappa shape index (κ3) is 3.19. The average Bonchev–Trinajstić information content (AvgIpc) is 3.03. The Hall–Kier alpha value is -3.47. The molecule has 128 valence electrons. The van der Waals surface area contributed by atoms with Crippen molar-refractivity contribution < 1.29 is 4.79 Å². The molecule has 0 fully saturated rings. The van der Waals surface area contributed by atoms with Gasteiger partial charge in [-0.3, -0.25) is 9.48 Å². The first-order chi connectivity index (χ1) is 12.7. The average molecular weight is 342 g/mol. The number of anilines is 1. The fraction of sp³-hybridized carbons (Fsp3) is 0.0952. The molecular formula is C21H18N4O. The molecule has 26 heavy (non-hydrogen) atoms. The lowest BCUT2D eigenvalue weighted by Gasteiger charge is -2.04. The number of pyridine rings is 1. The van der Waals surface area contributed by atoms with Crippen molar-refractivity contribution in [3.63, 3.8) is 0 Å². The van der Waals surface area contributed by atoms with E-state index < -0.39 is 0 Å². The van der Waals surface area contributed by atoms with Crippen LogP contribution in [-0.2, 0) is 6.54 Å². The Labute approximate surface area is 151 Å². The first-order valence-electron chi connectivity index (χ1n) is 8.44. The Kier molecular flexibility index (Phi) is 4.19. The Morgan fingerprint density at radius 1 is 1.00 bits per heavy atom. The minimum Gasteiger partial charge on any atom is -0.305 e. The minimum absolute atomic E-state index is 0.262. The van der Waals surface area contributed by atoms with Gasteiger partial charge in [-0.2, -0.15) is 5.10 Å². The lowest BCUT2D eigenvalue weighted by molar-refractivity contribution is 0.102. The van der Waals surface area contributed by atoms with Gasteiger partial charge in [-0.05, 0) is 30.7 Å². The molecule has 0 saturated heterocycles. The van der Waals surface area contributed by atoms with Gasteiger partial charge in [0.05, 0.1) is 12.1 Å². The zero-order valence-corrected chi connectivity index (χ0v) is 14.4. The summed E-state index contributed by atoms with van der Waals surface area (Å²) < 4.78 is 1.87. The lowest BCUT2D eigenvalue weighted by Crippen LogP contribution is -2.14. The third-order valence-corrected chi connectivity index (χ3v) is 4.23. The zero-order chi connectivity index (χ0) is 17.9. The first-order valence-corrected chi connectivity index (χ1v) is 8.44. The van der Waals surface area contributed by atoms with E-state index in [-0.39, 0.29) is 5.91 Å². The van der Waals surface area contributed by atoms with Crippen LogP contribution < -0.4 is 5.32 Å². The maximum absolute atomic E-state index is 12.7. The van der Waals surface area contributed by atoms with E-state index in [2.05, 4.69) is 46.6 Å². The Bertz CT molecular complexity index is 1050. The largest absolute Gasteiger partial charge is 0.305 e. The van der Waals surface area contributed by atoms with E-state index in [0.29, 0.717) is 18.1 Å². The highest BCUT2D eigenvalue weighted by atomic mass is 16.2. The summed E-state index contributed by atoms with van der Waals surface area (Å²) in [5, 5.41) is 8.22. The molecule has 0 radical (unpaired) electrons. The number of nitrogens with one attached hydrogen (secondary N) is 1. The number of benzene rings is 2. The summed E-state index contributed by atoms with van der Waals surface area (Å²) in [6, 6.07) is 21.5. The first kappa shape index (κ1) is 16.0. The molecular weight excluding hydrogens is 324 g/mol. The molecule has 2 heterocycles. The van der Waals surface area contributed by atoms with Gasteiger partial charge in [0.25, 0.3) is 5.91 Å². The summed E-state index contributed by atoms with van der Waals surface area (Å²) in [5.74, 6) is 0.247. The van der Waals surface area contributed by atoms with Crippen LogP contribution in [0.5, 0.6) is 0 Å². The minimum atomic E-state index is -0.262. The molecule has 4 aromatic rings. The van der Waals surface area contributed by atoms with Crippen molar-refractivity contribution in [2.45, 2.75) is 13.5 Å².